The number of rotatable bonds is 4. The second-order valence-corrected chi connectivity index (χ2v) is 8.73. The number of nitrogens with zero attached hydrogens (tertiary/aromatic N) is 1. The fourth-order valence-corrected chi connectivity index (χ4v) is 4.65. The van der Waals surface area contributed by atoms with Crippen LogP contribution < -0.4 is 10.6 Å². The predicted octanol–water partition coefficient (Wildman–Crippen LogP) is 5.22. The summed E-state index contributed by atoms with van der Waals surface area (Å²) in [4.78, 5) is 26.2. The minimum Gasteiger partial charge on any atom is -0.353 e. The molecule has 1 aliphatic carbocycles. The van der Waals surface area contributed by atoms with Crippen molar-refractivity contribution in [3.8, 4) is 0 Å². The van der Waals surface area contributed by atoms with E-state index in [0.29, 0.717) is 5.56 Å². The van der Waals surface area contributed by atoms with Crippen molar-refractivity contribution in [1.29, 1.82) is 0 Å². The highest BCUT2D eigenvalue weighted by atomic mass is 35.5. The standard InChI is InChI=1S/C21H25ClF5N3O2/c1-11-19(31)28-8-9-30(11)20(32)29-17(12-2-5-14(6-3-12)21(25,26)27)13-4-7-16(22)15(10-13)18(23)24/h4,7,10-12,14,17-18H,2-3,5-6,8-9H2,1H3,(H,28,31)(H,29,32)/t11-,12?,14?,17-/m1/s1. The van der Waals surface area contributed by atoms with Gasteiger partial charge in [0.25, 0.3) is 6.43 Å². The molecule has 2 atom stereocenters. The number of hydrogen-bond donors (Lipinski definition) is 2. The van der Waals surface area contributed by atoms with E-state index in [2.05, 4.69) is 10.6 Å². The Hall–Kier alpha value is -2.10. The second-order valence-electron chi connectivity index (χ2n) is 8.32. The van der Waals surface area contributed by atoms with Crippen molar-refractivity contribution in [3.63, 3.8) is 0 Å². The van der Waals surface area contributed by atoms with Crippen molar-refractivity contribution >= 4 is 23.5 Å². The zero-order valence-corrected chi connectivity index (χ0v) is 18.1. The van der Waals surface area contributed by atoms with Crippen molar-refractivity contribution in [2.24, 2.45) is 11.8 Å². The molecule has 3 amide bonds. The summed E-state index contributed by atoms with van der Waals surface area (Å²) in [6.45, 7) is 2.10. The van der Waals surface area contributed by atoms with Gasteiger partial charge in [0.1, 0.15) is 6.04 Å². The summed E-state index contributed by atoms with van der Waals surface area (Å²) in [7, 11) is 0. The molecule has 178 valence electrons. The van der Waals surface area contributed by atoms with E-state index in [1.54, 1.807) is 6.92 Å². The van der Waals surface area contributed by atoms with Gasteiger partial charge in [-0.1, -0.05) is 17.7 Å². The van der Waals surface area contributed by atoms with Crippen molar-refractivity contribution in [2.45, 2.75) is 57.3 Å². The van der Waals surface area contributed by atoms with E-state index in [0.717, 1.165) is 0 Å². The predicted molar refractivity (Wildman–Crippen MR) is 108 cm³/mol. The number of carbonyl (C=O) groups excluding carboxylic acids is 2. The molecule has 3 rings (SSSR count). The first-order valence-corrected chi connectivity index (χ1v) is 10.9. The SMILES string of the molecule is C[C@@H]1C(=O)NCCN1C(=O)N[C@@H](c1ccc(Cl)c(C(F)F)c1)C1CCC(C(F)(F)F)CC1. The minimum atomic E-state index is -4.29. The molecule has 0 spiro atoms. The lowest BCUT2D eigenvalue weighted by atomic mass is 9.76. The van der Waals surface area contributed by atoms with Crippen LogP contribution in [0.5, 0.6) is 0 Å². The molecule has 0 radical (unpaired) electrons. The summed E-state index contributed by atoms with van der Waals surface area (Å²) in [5.74, 6) is -2.11. The van der Waals surface area contributed by atoms with Crippen molar-refractivity contribution in [2.75, 3.05) is 13.1 Å². The lowest BCUT2D eigenvalue weighted by Crippen LogP contribution is -2.58. The fourth-order valence-electron chi connectivity index (χ4n) is 4.45. The lowest BCUT2D eigenvalue weighted by molar-refractivity contribution is -0.184. The largest absolute Gasteiger partial charge is 0.391 e. The molecule has 5 nitrogen and oxygen atoms in total. The smallest absolute Gasteiger partial charge is 0.353 e. The third-order valence-electron chi connectivity index (χ3n) is 6.36. The number of urea groups is 1. The Kier molecular flexibility index (Phi) is 7.52. The quantitative estimate of drug-likeness (QED) is 0.579. The topological polar surface area (TPSA) is 61.4 Å². The average molecular weight is 482 g/mol. The van der Waals surface area contributed by atoms with Crippen LogP contribution in [-0.2, 0) is 4.79 Å². The molecule has 1 aromatic rings. The van der Waals surface area contributed by atoms with E-state index < -0.39 is 42.2 Å². The van der Waals surface area contributed by atoms with Crippen LogP contribution in [0.3, 0.4) is 0 Å². The van der Waals surface area contributed by atoms with E-state index in [1.165, 1.54) is 23.1 Å². The number of alkyl halides is 5. The van der Waals surface area contributed by atoms with E-state index in [-0.39, 0.29) is 55.6 Å². The van der Waals surface area contributed by atoms with Crippen LogP contribution in [0.25, 0.3) is 0 Å². The Bertz CT molecular complexity index is 843. The normalized spacial score (nSPS) is 25.4. The molecule has 0 unspecified atom stereocenters. The van der Waals surface area contributed by atoms with E-state index in [4.69, 9.17) is 11.6 Å². The minimum absolute atomic E-state index is 0.0989. The Morgan fingerprint density at radius 2 is 1.88 bits per heavy atom. The molecule has 1 saturated carbocycles. The van der Waals surface area contributed by atoms with Crippen LogP contribution in [0.15, 0.2) is 18.2 Å². The molecule has 1 aromatic carbocycles. The lowest BCUT2D eigenvalue weighted by Gasteiger charge is -2.38. The van der Waals surface area contributed by atoms with Gasteiger partial charge in [-0.3, -0.25) is 4.79 Å². The first kappa shape index (κ1) is 24.5. The molecule has 1 saturated heterocycles. The highest BCUT2D eigenvalue weighted by Gasteiger charge is 2.43. The molecular formula is C21H25ClF5N3O2. The van der Waals surface area contributed by atoms with Crippen molar-refractivity contribution in [3.05, 3.63) is 34.3 Å². The first-order chi connectivity index (χ1) is 15.0. The number of piperazine rings is 1. The maximum Gasteiger partial charge on any atom is 0.391 e. The van der Waals surface area contributed by atoms with E-state index in [9.17, 15) is 31.5 Å². The number of amides is 3. The van der Waals surface area contributed by atoms with Gasteiger partial charge >= 0.3 is 12.2 Å². The Labute approximate surface area is 187 Å². The van der Waals surface area contributed by atoms with Crippen LogP contribution in [0.1, 0.15) is 56.2 Å². The van der Waals surface area contributed by atoms with Crippen LogP contribution in [0.4, 0.5) is 26.7 Å². The molecule has 1 heterocycles. The summed E-state index contributed by atoms with van der Waals surface area (Å²) < 4.78 is 66.1. The van der Waals surface area contributed by atoms with Gasteiger partial charge in [0.2, 0.25) is 5.91 Å². The third-order valence-corrected chi connectivity index (χ3v) is 6.70. The van der Waals surface area contributed by atoms with Crippen LogP contribution >= 0.6 is 11.6 Å². The van der Waals surface area contributed by atoms with E-state index >= 15 is 0 Å². The van der Waals surface area contributed by atoms with Gasteiger partial charge in [0, 0.05) is 23.7 Å². The summed E-state index contributed by atoms with van der Waals surface area (Å²) in [6, 6.07) is 1.91. The molecule has 1 aliphatic heterocycles. The highest BCUT2D eigenvalue weighted by Crippen LogP contribution is 2.44. The van der Waals surface area contributed by atoms with Gasteiger partial charge in [0.15, 0.2) is 0 Å². The summed E-state index contributed by atoms with van der Waals surface area (Å²) in [5, 5.41) is 5.32. The molecule has 2 N–H and O–H groups in total. The molecule has 2 fully saturated rings. The maximum atomic E-state index is 13.4. The van der Waals surface area contributed by atoms with Gasteiger partial charge in [-0.15, -0.1) is 0 Å². The summed E-state index contributed by atoms with van der Waals surface area (Å²) in [6.07, 6.45) is -6.97. The Morgan fingerprint density at radius 1 is 1.22 bits per heavy atom. The number of halogens is 6. The average Bonchev–Trinajstić information content (AvgIpc) is 2.73. The molecular weight excluding hydrogens is 457 g/mol. The monoisotopic (exact) mass is 481 g/mol. The van der Waals surface area contributed by atoms with Gasteiger partial charge in [-0.2, -0.15) is 13.2 Å². The molecule has 32 heavy (non-hydrogen) atoms. The number of benzene rings is 1. The van der Waals surface area contributed by atoms with Crippen LogP contribution in [0, 0.1) is 11.8 Å². The molecule has 0 bridgehead atoms. The number of hydrogen-bond acceptors (Lipinski definition) is 2. The zero-order chi connectivity index (χ0) is 23.6. The van der Waals surface area contributed by atoms with Crippen molar-refractivity contribution < 1.29 is 31.5 Å². The maximum absolute atomic E-state index is 13.4. The van der Waals surface area contributed by atoms with E-state index in [1.807, 2.05) is 0 Å². The Balaban J connectivity index is 1.86. The van der Waals surface area contributed by atoms with Gasteiger partial charge in [-0.05, 0) is 56.2 Å². The molecule has 0 aromatic heterocycles. The number of nitrogens with one attached hydrogen (secondary N) is 2. The second kappa shape index (κ2) is 9.80. The third kappa shape index (κ3) is 5.44. The number of carbonyl (C=O) groups is 2. The van der Waals surface area contributed by atoms with Gasteiger partial charge in [-0.25, -0.2) is 13.6 Å². The first-order valence-electron chi connectivity index (χ1n) is 10.5. The zero-order valence-electron chi connectivity index (χ0n) is 17.4. The highest BCUT2D eigenvalue weighted by molar-refractivity contribution is 6.31. The fraction of sp³-hybridized carbons (Fsp3) is 0.619. The van der Waals surface area contributed by atoms with Gasteiger partial charge in [0.05, 0.1) is 12.0 Å². The van der Waals surface area contributed by atoms with Crippen LogP contribution in [-0.4, -0.2) is 42.1 Å². The summed E-state index contributed by atoms with van der Waals surface area (Å²) in [5.41, 5.74) is -0.0549. The molecule has 11 heteroatoms. The Morgan fingerprint density at radius 3 is 2.47 bits per heavy atom. The van der Waals surface area contributed by atoms with Crippen LogP contribution in [0.2, 0.25) is 5.02 Å². The van der Waals surface area contributed by atoms with Gasteiger partial charge < -0.3 is 15.5 Å². The molecule has 2 aliphatic rings. The summed E-state index contributed by atoms with van der Waals surface area (Å²) >= 11 is 5.87. The van der Waals surface area contributed by atoms with Crippen molar-refractivity contribution in [1.82, 2.24) is 15.5 Å².